The Morgan fingerprint density at radius 1 is 1.37 bits per heavy atom. The van der Waals surface area contributed by atoms with E-state index in [0.717, 1.165) is 60.4 Å². The Morgan fingerprint density at radius 3 is 2.93 bits per heavy atom. The van der Waals surface area contributed by atoms with Crippen molar-refractivity contribution < 1.29 is 19.7 Å². The van der Waals surface area contributed by atoms with Crippen LogP contribution in [-0.2, 0) is 4.79 Å². The van der Waals surface area contributed by atoms with Gasteiger partial charge in [0.1, 0.15) is 5.75 Å². The molecule has 2 N–H and O–H groups in total. The topological polar surface area (TPSA) is 82.9 Å². The molecule has 1 aliphatic rings. The van der Waals surface area contributed by atoms with Crippen LogP contribution in [0.25, 0.3) is 10.9 Å². The van der Waals surface area contributed by atoms with Crippen LogP contribution in [0, 0.1) is 11.8 Å². The monoisotopic (exact) mass is 432 g/mol. The predicted molar refractivity (Wildman–Crippen MR) is 121 cm³/mol. The molecule has 2 heterocycles. The molecule has 0 saturated carbocycles. The zero-order valence-corrected chi connectivity index (χ0v) is 18.6. The molecular weight excluding hydrogens is 400 g/mol. The van der Waals surface area contributed by atoms with Gasteiger partial charge in [0.15, 0.2) is 0 Å². The van der Waals surface area contributed by atoms with Gasteiger partial charge in [-0.05, 0) is 73.7 Å². The summed E-state index contributed by atoms with van der Waals surface area (Å²) in [6, 6.07) is 7.55. The highest BCUT2D eigenvalue weighted by Crippen LogP contribution is 2.34. The summed E-state index contributed by atoms with van der Waals surface area (Å²) in [4.78, 5) is 18.2. The van der Waals surface area contributed by atoms with Crippen molar-refractivity contribution in [1.82, 2.24) is 9.88 Å². The number of carboxylic acids is 1. The number of benzene rings is 1. The predicted octanol–water partition coefficient (Wildman–Crippen LogP) is 3.83. The molecule has 0 unspecified atom stereocenters. The van der Waals surface area contributed by atoms with Gasteiger partial charge in [-0.2, -0.15) is 11.8 Å². The summed E-state index contributed by atoms with van der Waals surface area (Å²) in [5.41, 5.74) is 1.68. The number of carbonyl (C=O) groups is 1. The molecule has 1 fully saturated rings. The molecule has 0 bridgehead atoms. The summed E-state index contributed by atoms with van der Waals surface area (Å²) < 4.78 is 5.33. The SMILES string of the molecule is COc1ccc2nccc([C@H](O)CC[C@@H]3CCN(CCSC)C[C@@H]3CC(=O)O)c2c1. The number of hydrogen-bond donors (Lipinski definition) is 2. The smallest absolute Gasteiger partial charge is 0.303 e. The highest BCUT2D eigenvalue weighted by molar-refractivity contribution is 7.98. The number of thioether (sulfide) groups is 1. The van der Waals surface area contributed by atoms with Crippen molar-refractivity contribution in [1.29, 1.82) is 0 Å². The number of fused-ring (bicyclic) bond motifs is 1. The van der Waals surface area contributed by atoms with Crippen LogP contribution in [-0.4, -0.2) is 64.8 Å². The van der Waals surface area contributed by atoms with Crippen LogP contribution in [0.15, 0.2) is 30.5 Å². The van der Waals surface area contributed by atoms with Crippen LogP contribution >= 0.6 is 11.8 Å². The van der Waals surface area contributed by atoms with Crippen molar-refractivity contribution in [3.05, 3.63) is 36.0 Å². The Hall–Kier alpha value is -1.83. The first kappa shape index (κ1) is 22.8. The quantitative estimate of drug-likeness (QED) is 0.590. The van der Waals surface area contributed by atoms with Crippen LogP contribution in [0.4, 0.5) is 0 Å². The maximum Gasteiger partial charge on any atom is 0.303 e. The highest BCUT2D eigenvalue weighted by Gasteiger charge is 2.31. The Balaban J connectivity index is 1.67. The number of rotatable bonds is 10. The fraction of sp³-hybridized carbons (Fsp3) is 0.565. The van der Waals surface area contributed by atoms with Gasteiger partial charge in [0.2, 0.25) is 0 Å². The van der Waals surface area contributed by atoms with Crippen molar-refractivity contribution in [3.8, 4) is 5.75 Å². The second-order valence-electron chi connectivity index (χ2n) is 8.08. The van der Waals surface area contributed by atoms with E-state index in [9.17, 15) is 15.0 Å². The van der Waals surface area contributed by atoms with Gasteiger partial charge in [0.05, 0.1) is 18.7 Å². The number of ether oxygens (including phenoxy) is 1. The molecule has 6 nitrogen and oxygen atoms in total. The van der Waals surface area contributed by atoms with E-state index in [1.807, 2.05) is 36.0 Å². The molecule has 0 spiro atoms. The molecule has 0 amide bonds. The van der Waals surface area contributed by atoms with Gasteiger partial charge in [0.25, 0.3) is 0 Å². The fourth-order valence-corrected chi connectivity index (χ4v) is 4.95. The molecule has 0 radical (unpaired) electrons. The van der Waals surface area contributed by atoms with E-state index in [2.05, 4.69) is 16.1 Å². The largest absolute Gasteiger partial charge is 0.497 e. The fourth-order valence-electron chi connectivity index (χ4n) is 4.51. The number of aliphatic hydroxyl groups is 1. The molecule has 0 aliphatic carbocycles. The lowest BCUT2D eigenvalue weighted by atomic mass is 9.79. The third-order valence-electron chi connectivity index (χ3n) is 6.18. The van der Waals surface area contributed by atoms with Gasteiger partial charge < -0.3 is 19.8 Å². The summed E-state index contributed by atoms with van der Waals surface area (Å²) >= 11 is 1.82. The van der Waals surface area contributed by atoms with Crippen LogP contribution in [0.1, 0.15) is 37.4 Å². The van der Waals surface area contributed by atoms with Gasteiger partial charge in [0, 0.05) is 36.8 Å². The lowest BCUT2D eigenvalue weighted by Crippen LogP contribution is -2.42. The number of likely N-dealkylation sites (tertiary alicyclic amines) is 1. The molecule has 1 aliphatic heterocycles. The van der Waals surface area contributed by atoms with Crippen LogP contribution < -0.4 is 4.74 Å². The second-order valence-corrected chi connectivity index (χ2v) is 9.06. The average Bonchev–Trinajstić information content (AvgIpc) is 2.75. The first-order valence-corrected chi connectivity index (χ1v) is 11.9. The first-order chi connectivity index (χ1) is 14.5. The van der Waals surface area contributed by atoms with Crippen LogP contribution in [0.5, 0.6) is 5.75 Å². The minimum Gasteiger partial charge on any atom is -0.497 e. The third kappa shape index (κ3) is 5.86. The molecule has 1 aromatic heterocycles. The number of piperidine rings is 1. The average molecular weight is 433 g/mol. The lowest BCUT2D eigenvalue weighted by Gasteiger charge is -2.38. The van der Waals surface area contributed by atoms with E-state index in [-0.39, 0.29) is 12.3 Å². The van der Waals surface area contributed by atoms with Gasteiger partial charge in [-0.1, -0.05) is 0 Å². The zero-order valence-electron chi connectivity index (χ0n) is 17.8. The number of pyridine rings is 1. The lowest BCUT2D eigenvalue weighted by molar-refractivity contribution is -0.139. The van der Waals surface area contributed by atoms with E-state index in [4.69, 9.17) is 4.74 Å². The van der Waals surface area contributed by atoms with Gasteiger partial charge in [-0.3, -0.25) is 9.78 Å². The summed E-state index contributed by atoms with van der Waals surface area (Å²) in [6.45, 7) is 2.85. The maximum atomic E-state index is 11.4. The Bertz CT molecular complexity index is 847. The molecule has 2 aromatic rings. The van der Waals surface area contributed by atoms with Crippen molar-refractivity contribution in [2.75, 3.05) is 38.8 Å². The Kier molecular flexibility index (Phi) is 8.36. The number of aliphatic hydroxyl groups excluding tert-OH is 1. The van der Waals surface area contributed by atoms with Crippen LogP contribution in [0.2, 0.25) is 0 Å². The number of nitrogens with zero attached hydrogens (tertiary/aromatic N) is 2. The summed E-state index contributed by atoms with van der Waals surface area (Å²) in [6.07, 6.45) is 5.84. The summed E-state index contributed by atoms with van der Waals surface area (Å²) in [5, 5.41) is 21.2. The van der Waals surface area contributed by atoms with Gasteiger partial charge in [-0.15, -0.1) is 0 Å². The van der Waals surface area contributed by atoms with E-state index in [0.29, 0.717) is 12.3 Å². The van der Waals surface area contributed by atoms with E-state index < -0.39 is 12.1 Å². The van der Waals surface area contributed by atoms with E-state index in [1.165, 1.54) is 0 Å². The van der Waals surface area contributed by atoms with Gasteiger partial charge in [-0.25, -0.2) is 0 Å². The second kappa shape index (κ2) is 11.0. The van der Waals surface area contributed by atoms with Gasteiger partial charge >= 0.3 is 5.97 Å². The number of hydrogen-bond acceptors (Lipinski definition) is 6. The molecule has 7 heteroatoms. The molecule has 3 atom stereocenters. The molecule has 164 valence electrons. The minimum absolute atomic E-state index is 0.139. The number of aromatic nitrogens is 1. The highest BCUT2D eigenvalue weighted by atomic mass is 32.2. The number of methoxy groups -OCH3 is 1. The number of aliphatic carboxylic acids is 1. The van der Waals surface area contributed by atoms with E-state index >= 15 is 0 Å². The van der Waals surface area contributed by atoms with Crippen molar-refractivity contribution in [2.24, 2.45) is 11.8 Å². The standard InChI is InChI=1S/C23H32N2O4S/c1-29-18-4-5-21-20(14-18)19(7-9-24-21)22(26)6-3-16-8-10-25(11-12-30-2)15-17(16)13-23(27)28/h4-5,7,9,14,16-17,22,26H,3,6,8,10-13,15H2,1-2H3,(H,27,28)/t16-,17+,22-/m1/s1. The molecule has 1 saturated heterocycles. The molecular formula is C23H32N2O4S. The van der Waals surface area contributed by atoms with Crippen molar-refractivity contribution in [2.45, 2.75) is 31.8 Å². The Labute approximate surface area is 182 Å². The maximum absolute atomic E-state index is 11.4. The molecule has 3 rings (SSSR count). The van der Waals surface area contributed by atoms with Crippen LogP contribution in [0.3, 0.4) is 0 Å². The minimum atomic E-state index is -0.732. The zero-order chi connectivity index (χ0) is 21.5. The van der Waals surface area contributed by atoms with Crippen molar-refractivity contribution in [3.63, 3.8) is 0 Å². The summed E-state index contributed by atoms with van der Waals surface area (Å²) in [7, 11) is 1.63. The Morgan fingerprint density at radius 2 is 2.20 bits per heavy atom. The normalized spacial score (nSPS) is 20.9. The number of carboxylic acid groups (broad SMARTS) is 1. The third-order valence-corrected chi connectivity index (χ3v) is 6.77. The van der Waals surface area contributed by atoms with Crippen molar-refractivity contribution >= 4 is 28.6 Å². The molecule has 30 heavy (non-hydrogen) atoms. The first-order valence-electron chi connectivity index (χ1n) is 10.6. The molecule has 1 aromatic carbocycles. The summed E-state index contributed by atoms with van der Waals surface area (Å²) in [5.74, 6) is 1.54. The van der Waals surface area contributed by atoms with E-state index in [1.54, 1.807) is 13.3 Å².